The van der Waals surface area contributed by atoms with Crippen LogP contribution < -0.4 is 19.7 Å². The van der Waals surface area contributed by atoms with Crippen molar-refractivity contribution < 1.29 is 28.2 Å². The van der Waals surface area contributed by atoms with E-state index >= 15 is 0 Å². The van der Waals surface area contributed by atoms with E-state index in [9.17, 15) is 18.8 Å². The molecule has 1 aliphatic rings. The predicted molar refractivity (Wildman–Crippen MR) is 142 cm³/mol. The molecule has 0 saturated carbocycles. The number of anilines is 1. The van der Waals surface area contributed by atoms with Gasteiger partial charge in [-0.2, -0.15) is 0 Å². The number of carbonyl (C=O) groups excluding carboxylic acids is 3. The number of nitrogens with one attached hydrogen (secondary N) is 1. The van der Waals surface area contributed by atoms with Gasteiger partial charge >= 0.3 is 6.03 Å². The lowest BCUT2D eigenvalue weighted by molar-refractivity contribution is -0.122. The zero-order chi connectivity index (χ0) is 25.8. The Morgan fingerprint density at radius 1 is 1.06 bits per heavy atom. The number of rotatable bonds is 7. The van der Waals surface area contributed by atoms with Crippen LogP contribution in [0.5, 0.6) is 11.5 Å². The van der Waals surface area contributed by atoms with Gasteiger partial charge in [0.05, 0.1) is 15.9 Å². The molecule has 0 bridgehead atoms. The average Bonchev–Trinajstić information content (AvgIpc) is 2.82. The van der Waals surface area contributed by atoms with Crippen molar-refractivity contribution in [1.82, 2.24) is 5.32 Å². The fraction of sp³-hybridized carbons (Fsp3) is 0.115. The van der Waals surface area contributed by atoms with Crippen LogP contribution in [0.2, 0.25) is 5.02 Å². The molecule has 0 unspecified atom stereocenters. The van der Waals surface area contributed by atoms with Crippen molar-refractivity contribution in [1.29, 1.82) is 0 Å². The standard InChI is InChI=1S/C26H19ClFIN2O5/c1-2-35-22-13-16(12-21(29)23(22)36-14-15-4-3-5-18(28)10-15)11-20-24(32)30-26(34)31(25(20)33)19-8-6-17(27)7-9-19/h3-13H,2,14H2,1H3,(H,30,32,34)/b20-11+. The van der Waals surface area contributed by atoms with Crippen molar-refractivity contribution in [2.75, 3.05) is 11.5 Å². The van der Waals surface area contributed by atoms with Crippen LogP contribution in [0, 0.1) is 9.39 Å². The van der Waals surface area contributed by atoms with Crippen molar-refractivity contribution in [3.8, 4) is 11.5 Å². The van der Waals surface area contributed by atoms with Crippen LogP contribution in [0.25, 0.3) is 6.08 Å². The fourth-order valence-corrected chi connectivity index (χ4v) is 4.41. The van der Waals surface area contributed by atoms with Gasteiger partial charge in [-0.05, 0) is 95.2 Å². The highest BCUT2D eigenvalue weighted by atomic mass is 127. The molecule has 0 radical (unpaired) electrons. The number of benzene rings is 3. The van der Waals surface area contributed by atoms with Gasteiger partial charge in [-0.1, -0.05) is 23.7 Å². The van der Waals surface area contributed by atoms with Gasteiger partial charge in [0.2, 0.25) is 0 Å². The first-order chi connectivity index (χ1) is 17.3. The fourth-order valence-electron chi connectivity index (χ4n) is 3.51. The SMILES string of the molecule is CCOc1cc(/C=C2\C(=O)NC(=O)N(c3ccc(Cl)cc3)C2=O)cc(I)c1OCc1cccc(F)c1. The molecule has 0 aromatic heterocycles. The lowest BCUT2D eigenvalue weighted by Gasteiger charge is -2.26. The average molecular weight is 621 g/mol. The number of carbonyl (C=O) groups is 3. The second kappa shape index (κ2) is 11.1. The van der Waals surface area contributed by atoms with Crippen LogP contribution in [-0.4, -0.2) is 24.5 Å². The summed E-state index contributed by atoms with van der Waals surface area (Å²) in [5, 5.41) is 2.63. The zero-order valence-electron chi connectivity index (χ0n) is 18.9. The molecule has 3 aromatic rings. The summed E-state index contributed by atoms with van der Waals surface area (Å²) in [4.78, 5) is 39.0. The number of imide groups is 2. The van der Waals surface area contributed by atoms with Crippen molar-refractivity contribution in [3.05, 3.63) is 91.8 Å². The Balaban J connectivity index is 1.65. The van der Waals surface area contributed by atoms with Gasteiger partial charge in [0.1, 0.15) is 18.0 Å². The van der Waals surface area contributed by atoms with Gasteiger partial charge in [0.25, 0.3) is 11.8 Å². The quantitative estimate of drug-likeness (QED) is 0.207. The molecule has 7 nitrogen and oxygen atoms in total. The van der Waals surface area contributed by atoms with E-state index in [1.54, 1.807) is 24.3 Å². The van der Waals surface area contributed by atoms with E-state index in [1.807, 2.05) is 6.92 Å². The normalized spacial score (nSPS) is 14.7. The molecule has 0 spiro atoms. The Morgan fingerprint density at radius 2 is 1.81 bits per heavy atom. The van der Waals surface area contributed by atoms with Gasteiger partial charge in [-0.15, -0.1) is 0 Å². The monoisotopic (exact) mass is 620 g/mol. The Hall–Kier alpha value is -3.44. The molecule has 4 rings (SSSR count). The molecule has 1 aliphatic heterocycles. The third kappa shape index (κ3) is 5.68. The topological polar surface area (TPSA) is 84.9 Å². The van der Waals surface area contributed by atoms with Crippen LogP contribution in [0.3, 0.4) is 0 Å². The van der Waals surface area contributed by atoms with Crippen molar-refractivity contribution in [3.63, 3.8) is 0 Å². The summed E-state index contributed by atoms with van der Waals surface area (Å²) in [5.41, 5.74) is 1.18. The number of hydrogen-bond acceptors (Lipinski definition) is 5. The molecule has 184 valence electrons. The minimum Gasteiger partial charge on any atom is -0.490 e. The molecule has 4 amide bonds. The molecule has 1 N–H and O–H groups in total. The van der Waals surface area contributed by atoms with Crippen LogP contribution >= 0.6 is 34.2 Å². The van der Waals surface area contributed by atoms with E-state index in [2.05, 4.69) is 27.9 Å². The lowest BCUT2D eigenvalue weighted by atomic mass is 10.1. The summed E-state index contributed by atoms with van der Waals surface area (Å²) in [6, 6.07) is 14.7. The first-order valence-electron chi connectivity index (χ1n) is 10.8. The Kier molecular flexibility index (Phi) is 7.90. The molecule has 1 heterocycles. The van der Waals surface area contributed by atoms with Crippen LogP contribution in [0.4, 0.5) is 14.9 Å². The predicted octanol–water partition coefficient (Wildman–Crippen LogP) is 5.73. The molecule has 3 aromatic carbocycles. The number of nitrogens with zero attached hydrogens (tertiary/aromatic N) is 1. The van der Waals surface area contributed by atoms with Gasteiger partial charge < -0.3 is 9.47 Å². The van der Waals surface area contributed by atoms with Gasteiger partial charge in [-0.3, -0.25) is 14.9 Å². The highest BCUT2D eigenvalue weighted by Gasteiger charge is 2.36. The molecule has 0 atom stereocenters. The second-order valence-corrected chi connectivity index (χ2v) is 9.21. The summed E-state index contributed by atoms with van der Waals surface area (Å²) < 4.78 is 25.8. The Labute approximate surface area is 225 Å². The molecular weight excluding hydrogens is 602 g/mol. The maximum Gasteiger partial charge on any atom is 0.335 e. The Bertz CT molecular complexity index is 1380. The van der Waals surface area contributed by atoms with Gasteiger partial charge in [-0.25, -0.2) is 14.1 Å². The first-order valence-corrected chi connectivity index (χ1v) is 12.2. The summed E-state index contributed by atoms with van der Waals surface area (Å²) in [5.74, 6) is -1.11. The third-order valence-corrected chi connectivity index (χ3v) is 6.15. The second-order valence-electron chi connectivity index (χ2n) is 7.62. The first kappa shape index (κ1) is 25.6. The molecule has 10 heteroatoms. The maximum atomic E-state index is 13.5. The van der Waals surface area contributed by atoms with Gasteiger partial charge in [0, 0.05) is 5.02 Å². The minimum atomic E-state index is -0.852. The molecule has 1 saturated heterocycles. The summed E-state index contributed by atoms with van der Waals surface area (Å²) in [7, 11) is 0. The Morgan fingerprint density at radius 3 is 2.50 bits per heavy atom. The van der Waals surface area contributed by atoms with E-state index in [0.29, 0.717) is 37.8 Å². The van der Waals surface area contributed by atoms with Gasteiger partial charge in [0.15, 0.2) is 11.5 Å². The molecule has 36 heavy (non-hydrogen) atoms. The van der Waals surface area contributed by atoms with E-state index < -0.39 is 17.8 Å². The number of amides is 4. The molecule has 1 fully saturated rings. The van der Waals surface area contributed by atoms with E-state index in [-0.39, 0.29) is 23.7 Å². The maximum absolute atomic E-state index is 13.5. The summed E-state index contributed by atoms with van der Waals surface area (Å²) in [6.07, 6.45) is 1.38. The zero-order valence-corrected chi connectivity index (χ0v) is 21.8. The van der Waals surface area contributed by atoms with Crippen molar-refractivity contribution in [2.45, 2.75) is 13.5 Å². The number of halogens is 3. The largest absolute Gasteiger partial charge is 0.490 e. The van der Waals surface area contributed by atoms with Crippen molar-refractivity contribution >= 4 is 63.8 Å². The van der Waals surface area contributed by atoms with Crippen LogP contribution in [0.15, 0.2) is 66.2 Å². The summed E-state index contributed by atoms with van der Waals surface area (Å²) in [6.45, 7) is 2.26. The smallest absolute Gasteiger partial charge is 0.335 e. The number of barbiturate groups is 1. The number of ether oxygens (including phenoxy) is 2. The van der Waals surface area contributed by atoms with Crippen molar-refractivity contribution in [2.24, 2.45) is 0 Å². The van der Waals surface area contributed by atoms with E-state index in [1.165, 1.54) is 42.5 Å². The highest BCUT2D eigenvalue weighted by Crippen LogP contribution is 2.36. The molecule has 0 aliphatic carbocycles. The highest BCUT2D eigenvalue weighted by molar-refractivity contribution is 14.1. The van der Waals surface area contributed by atoms with E-state index in [0.717, 1.165) is 4.90 Å². The minimum absolute atomic E-state index is 0.118. The number of urea groups is 1. The number of hydrogen-bond donors (Lipinski definition) is 1. The lowest BCUT2D eigenvalue weighted by Crippen LogP contribution is -2.54. The summed E-state index contributed by atoms with van der Waals surface area (Å²) >= 11 is 7.96. The van der Waals surface area contributed by atoms with Crippen LogP contribution in [-0.2, 0) is 16.2 Å². The van der Waals surface area contributed by atoms with Crippen LogP contribution in [0.1, 0.15) is 18.1 Å². The van der Waals surface area contributed by atoms with E-state index in [4.69, 9.17) is 21.1 Å². The third-order valence-electron chi connectivity index (χ3n) is 5.10. The molecular formula is C26H19ClFIN2O5.